The van der Waals surface area contributed by atoms with Gasteiger partial charge in [0.2, 0.25) is 0 Å². The smallest absolute Gasteiger partial charge is 0.306 e. The van der Waals surface area contributed by atoms with E-state index in [0.717, 1.165) is 109 Å². The van der Waals surface area contributed by atoms with Crippen molar-refractivity contribution in [2.45, 2.75) is 232 Å². The van der Waals surface area contributed by atoms with Gasteiger partial charge >= 0.3 is 11.9 Å². The van der Waals surface area contributed by atoms with Gasteiger partial charge in [-0.2, -0.15) is 0 Å². The first-order valence-electron chi connectivity index (χ1n) is 27.1. The molecular formula is C61H100O5. The van der Waals surface area contributed by atoms with Crippen LogP contribution in [0.3, 0.4) is 0 Å². The van der Waals surface area contributed by atoms with E-state index >= 15 is 0 Å². The summed E-state index contributed by atoms with van der Waals surface area (Å²) in [4.78, 5) is 25.5. The molecule has 1 unspecified atom stereocenters. The van der Waals surface area contributed by atoms with Gasteiger partial charge in [0.25, 0.3) is 0 Å². The molecule has 0 aliphatic carbocycles. The lowest BCUT2D eigenvalue weighted by Crippen LogP contribution is -2.30. The second kappa shape index (κ2) is 55.6. The van der Waals surface area contributed by atoms with Gasteiger partial charge in [0, 0.05) is 19.4 Å². The van der Waals surface area contributed by atoms with Crippen LogP contribution in [0.15, 0.2) is 122 Å². The lowest BCUT2D eigenvalue weighted by atomic mass is 10.1. The molecule has 0 aromatic heterocycles. The summed E-state index contributed by atoms with van der Waals surface area (Å²) >= 11 is 0. The predicted molar refractivity (Wildman–Crippen MR) is 288 cm³/mol. The molecule has 0 amide bonds. The van der Waals surface area contributed by atoms with Crippen LogP contribution in [0.5, 0.6) is 0 Å². The fraction of sp³-hybridized carbons (Fsp3) is 0.639. The van der Waals surface area contributed by atoms with Gasteiger partial charge in [-0.15, -0.1) is 0 Å². The maximum absolute atomic E-state index is 12.8. The second-order valence-corrected chi connectivity index (χ2v) is 17.4. The molecule has 0 rings (SSSR count). The van der Waals surface area contributed by atoms with E-state index in [2.05, 4.69) is 142 Å². The SMILES string of the molecule is CC/C=C\C/C=C\C/C=C\C/C=C\C/C=C\CCCC(=O)OC(COCCCCCC/C=C\C/C=C\C/C=C\CC)COC(=O)CCCCCCCCCCC/C=C\C/C=C\CCCCC. The Kier molecular flexibility index (Phi) is 52.5. The summed E-state index contributed by atoms with van der Waals surface area (Å²) in [6.45, 7) is 7.46. The standard InChI is InChI=1S/C61H100O5/c1-4-7-10-13-16-19-22-25-28-30-31-33-34-36-39-42-45-48-51-54-60(62)65-58-59(57-64-56-53-50-47-44-41-38-27-24-21-18-15-12-9-6-3)66-61(63)55-52-49-46-43-40-37-35-32-29-26-23-20-17-14-11-8-5-2/h8-9,11-12,16-21,25-29,35,37-38,43,46,59H,4-7,10,13-15,22-24,30-34,36,39-42,44-45,47-58H2,1-3H3/b11-8-,12-9-,19-16-,20-17-,21-18-,28-25-,29-26-,37-35-,38-27-,46-43-. The first-order chi connectivity index (χ1) is 32.6. The van der Waals surface area contributed by atoms with Gasteiger partial charge in [-0.1, -0.05) is 213 Å². The van der Waals surface area contributed by atoms with Crippen molar-refractivity contribution in [1.82, 2.24) is 0 Å². The molecule has 0 bridgehead atoms. The highest BCUT2D eigenvalue weighted by atomic mass is 16.6. The molecule has 5 heteroatoms. The monoisotopic (exact) mass is 913 g/mol. The minimum absolute atomic E-state index is 0.0439. The van der Waals surface area contributed by atoms with Gasteiger partial charge in [0.15, 0.2) is 6.10 Å². The van der Waals surface area contributed by atoms with Gasteiger partial charge in [-0.05, 0) is 122 Å². The van der Waals surface area contributed by atoms with Crippen LogP contribution in [-0.2, 0) is 23.8 Å². The minimum atomic E-state index is -0.588. The van der Waals surface area contributed by atoms with E-state index in [-0.39, 0.29) is 25.2 Å². The number of hydrogen-bond acceptors (Lipinski definition) is 5. The van der Waals surface area contributed by atoms with Crippen LogP contribution in [-0.4, -0.2) is 37.9 Å². The molecule has 0 saturated heterocycles. The first-order valence-corrected chi connectivity index (χ1v) is 27.1. The second-order valence-electron chi connectivity index (χ2n) is 17.4. The average Bonchev–Trinajstić information content (AvgIpc) is 3.32. The van der Waals surface area contributed by atoms with E-state index < -0.39 is 6.10 Å². The Morgan fingerprint density at radius 3 is 1.14 bits per heavy atom. The van der Waals surface area contributed by atoms with Gasteiger partial charge in [0.1, 0.15) is 6.61 Å². The molecule has 66 heavy (non-hydrogen) atoms. The molecule has 0 heterocycles. The molecular weight excluding hydrogens is 813 g/mol. The normalized spacial score (nSPS) is 13.2. The number of allylic oxidation sites excluding steroid dienone is 20. The zero-order chi connectivity index (χ0) is 47.7. The molecule has 374 valence electrons. The highest BCUT2D eigenvalue weighted by molar-refractivity contribution is 5.70. The van der Waals surface area contributed by atoms with E-state index in [0.29, 0.717) is 25.9 Å². The molecule has 0 aromatic carbocycles. The van der Waals surface area contributed by atoms with Crippen LogP contribution < -0.4 is 0 Å². The maximum atomic E-state index is 12.8. The van der Waals surface area contributed by atoms with Gasteiger partial charge in [-0.25, -0.2) is 0 Å². The van der Waals surface area contributed by atoms with Crippen molar-refractivity contribution in [3.63, 3.8) is 0 Å². The summed E-state index contributed by atoms with van der Waals surface area (Å²) in [5.74, 6) is -0.488. The third kappa shape index (κ3) is 52.9. The number of unbranched alkanes of at least 4 members (excludes halogenated alkanes) is 17. The van der Waals surface area contributed by atoms with Crippen molar-refractivity contribution in [3.05, 3.63) is 122 Å². The molecule has 5 nitrogen and oxygen atoms in total. The molecule has 0 fully saturated rings. The van der Waals surface area contributed by atoms with E-state index in [4.69, 9.17) is 14.2 Å². The van der Waals surface area contributed by atoms with Crippen LogP contribution in [0.2, 0.25) is 0 Å². The van der Waals surface area contributed by atoms with Crippen LogP contribution >= 0.6 is 0 Å². The van der Waals surface area contributed by atoms with E-state index in [1.807, 2.05) is 0 Å². The summed E-state index contributed by atoms with van der Waals surface area (Å²) < 4.78 is 17.4. The van der Waals surface area contributed by atoms with E-state index in [1.165, 1.54) is 77.0 Å². The lowest BCUT2D eigenvalue weighted by molar-refractivity contribution is -0.162. The summed E-state index contributed by atoms with van der Waals surface area (Å²) in [5.41, 5.74) is 0. The van der Waals surface area contributed by atoms with Crippen LogP contribution in [0.25, 0.3) is 0 Å². The Morgan fingerprint density at radius 2 is 0.697 bits per heavy atom. The molecule has 0 aliphatic rings. The maximum Gasteiger partial charge on any atom is 0.306 e. The van der Waals surface area contributed by atoms with Crippen LogP contribution in [0, 0.1) is 0 Å². The van der Waals surface area contributed by atoms with Gasteiger partial charge in [0.05, 0.1) is 6.61 Å². The number of carbonyl (C=O) groups is 2. The first kappa shape index (κ1) is 62.3. The summed E-state index contributed by atoms with van der Waals surface area (Å²) in [5, 5.41) is 0. The predicted octanol–water partition coefficient (Wildman–Crippen LogP) is 18.6. The summed E-state index contributed by atoms with van der Waals surface area (Å²) in [7, 11) is 0. The Morgan fingerprint density at radius 1 is 0.348 bits per heavy atom. The van der Waals surface area contributed by atoms with Crippen molar-refractivity contribution >= 4 is 11.9 Å². The third-order valence-corrected chi connectivity index (χ3v) is 11.0. The topological polar surface area (TPSA) is 61.8 Å². The van der Waals surface area contributed by atoms with Crippen LogP contribution in [0.1, 0.15) is 226 Å². The quantitative estimate of drug-likeness (QED) is 0.0346. The van der Waals surface area contributed by atoms with Crippen molar-refractivity contribution in [2.75, 3.05) is 19.8 Å². The molecule has 1 atom stereocenters. The highest BCUT2D eigenvalue weighted by Crippen LogP contribution is 2.13. The lowest BCUT2D eigenvalue weighted by Gasteiger charge is -2.18. The van der Waals surface area contributed by atoms with Crippen molar-refractivity contribution in [2.24, 2.45) is 0 Å². The Bertz CT molecular complexity index is 1350. The Hall–Kier alpha value is -3.70. The van der Waals surface area contributed by atoms with E-state index in [9.17, 15) is 9.59 Å². The Balaban J connectivity index is 4.40. The molecule has 0 aliphatic heterocycles. The molecule has 0 aromatic rings. The average molecular weight is 913 g/mol. The van der Waals surface area contributed by atoms with Crippen LogP contribution in [0.4, 0.5) is 0 Å². The molecule has 0 N–H and O–H groups in total. The number of ether oxygens (including phenoxy) is 3. The number of esters is 2. The largest absolute Gasteiger partial charge is 0.462 e. The summed E-state index contributed by atoms with van der Waals surface area (Å²) in [6.07, 6.45) is 77.9. The highest BCUT2D eigenvalue weighted by Gasteiger charge is 2.17. The Labute approximate surface area is 407 Å². The van der Waals surface area contributed by atoms with Gasteiger partial charge in [-0.3, -0.25) is 9.59 Å². The molecule has 0 spiro atoms. The van der Waals surface area contributed by atoms with Gasteiger partial charge < -0.3 is 14.2 Å². The zero-order valence-electron chi connectivity index (χ0n) is 42.9. The zero-order valence-corrected chi connectivity index (χ0v) is 42.9. The minimum Gasteiger partial charge on any atom is -0.462 e. The number of carbonyl (C=O) groups excluding carboxylic acids is 2. The summed E-state index contributed by atoms with van der Waals surface area (Å²) in [6, 6.07) is 0. The van der Waals surface area contributed by atoms with Crippen molar-refractivity contribution < 1.29 is 23.8 Å². The molecule has 0 saturated carbocycles. The number of hydrogen-bond donors (Lipinski definition) is 0. The van der Waals surface area contributed by atoms with Crippen molar-refractivity contribution in [3.8, 4) is 0 Å². The number of rotatable bonds is 48. The molecule has 0 radical (unpaired) electrons. The van der Waals surface area contributed by atoms with E-state index in [1.54, 1.807) is 0 Å². The fourth-order valence-corrected chi connectivity index (χ4v) is 7.00. The van der Waals surface area contributed by atoms with Crippen molar-refractivity contribution in [1.29, 1.82) is 0 Å². The third-order valence-electron chi connectivity index (χ3n) is 11.0. The fourth-order valence-electron chi connectivity index (χ4n) is 7.00.